The number of hydrogen-bond donors (Lipinski definition) is 1. The summed E-state index contributed by atoms with van der Waals surface area (Å²) in [6, 6.07) is 17.6. The number of hydrogen-bond acceptors (Lipinski definition) is 8. The molecule has 4 rings (SSSR count). The van der Waals surface area contributed by atoms with E-state index in [0.717, 1.165) is 11.1 Å². The second kappa shape index (κ2) is 14.0. The molecule has 0 atom stereocenters. The van der Waals surface area contributed by atoms with E-state index in [-0.39, 0.29) is 25.4 Å². The smallest absolute Gasteiger partial charge is 0.407 e. The molecule has 0 saturated carbocycles. The molecule has 0 radical (unpaired) electrons. The molecular formula is C33H39N5O5. The standard InChI is InChI=1S/C33H39N5O5/c1-7-41-31(39)30-28(25-12-14-26(15-13-25)42-20-23-8-10-24(11-9-23)22(2)3)29(27-16-17-34-21-36-27)37-38(30)19-18-35-32(40)43-33(4,5)6/h8-17,21-22H,7,18-20H2,1-6H3,(H,35,40). The summed E-state index contributed by atoms with van der Waals surface area (Å²) in [5, 5.41) is 7.47. The zero-order chi connectivity index (χ0) is 31.0. The van der Waals surface area contributed by atoms with Gasteiger partial charge in [0.1, 0.15) is 30.0 Å². The largest absolute Gasteiger partial charge is 0.489 e. The maximum Gasteiger partial charge on any atom is 0.407 e. The minimum atomic E-state index is -0.631. The molecule has 4 aromatic rings. The Balaban J connectivity index is 1.63. The summed E-state index contributed by atoms with van der Waals surface area (Å²) in [7, 11) is 0. The van der Waals surface area contributed by atoms with Gasteiger partial charge in [-0.15, -0.1) is 0 Å². The predicted molar refractivity (Wildman–Crippen MR) is 164 cm³/mol. The van der Waals surface area contributed by atoms with Crippen molar-refractivity contribution in [3.8, 4) is 28.3 Å². The van der Waals surface area contributed by atoms with Gasteiger partial charge in [-0.1, -0.05) is 50.2 Å². The third-order valence-electron chi connectivity index (χ3n) is 6.43. The molecular weight excluding hydrogens is 546 g/mol. The average molecular weight is 586 g/mol. The molecule has 0 saturated heterocycles. The van der Waals surface area contributed by atoms with Crippen molar-refractivity contribution < 1.29 is 23.8 Å². The number of esters is 1. The highest BCUT2D eigenvalue weighted by atomic mass is 16.6. The van der Waals surface area contributed by atoms with Crippen molar-refractivity contribution in [1.82, 2.24) is 25.1 Å². The lowest BCUT2D eigenvalue weighted by Crippen LogP contribution is -2.34. The normalized spacial score (nSPS) is 11.3. The highest BCUT2D eigenvalue weighted by Crippen LogP contribution is 2.35. The lowest BCUT2D eigenvalue weighted by atomic mass is 10.0. The highest BCUT2D eigenvalue weighted by molar-refractivity contribution is 6.00. The molecule has 43 heavy (non-hydrogen) atoms. The number of carbonyl (C=O) groups excluding carboxylic acids is 2. The van der Waals surface area contributed by atoms with E-state index in [1.54, 1.807) is 40.0 Å². The summed E-state index contributed by atoms with van der Waals surface area (Å²) in [5.74, 6) is 0.625. The Morgan fingerprint density at radius 2 is 1.72 bits per heavy atom. The molecule has 2 heterocycles. The zero-order valence-electron chi connectivity index (χ0n) is 25.6. The van der Waals surface area contributed by atoms with E-state index >= 15 is 0 Å². The molecule has 1 amide bonds. The minimum Gasteiger partial charge on any atom is -0.489 e. The Kier molecular flexibility index (Phi) is 10.1. The summed E-state index contributed by atoms with van der Waals surface area (Å²) in [5.41, 5.74) is 4.30. The van der Waals surface area contributed by atoms with Crippen molar-refractivity contribution in [2.75, 3.05) is 13.2 Å². The maximum atomic E-state index is 13.3. The van der Waals surface area contributed by atoms with Gasteiger partial charge in [0.2, 0.25) is 0 Å². The zero-order valence-corrected chi connectivity index (χ0v) is 25.6. The molecule has 0 spiro atoms. The fourth-order valence-corrected chi connectivity index (χ4v) is 4.38. The van der Waals surface area contributed by atoms with E-state index in [1.165, 1.54) is 16.6 Å². The van der Waals surface area contributed by atoms with E-state index in [1.807, 2.05) is 24.3 Å². The van der Waals surface area contributed by atoms with Gasteiger partial charge in [0.05, 0.1) is 18.8 Å². The first kappa shape index (κ1) is 31.2. The molecule has 1 N–H and O–H groups in total. The average Bonchev–Trinajstić information content (AvgIpc) is 3.36. The summed E-state index contributed by atoms with van der Waals surface area (Å²) in [6.07, 6.45) is 2.49. The molecule has 0 fully saturated rings. The van der Waals surface area contributed by atoms with Gasteiger partial charge < -0.3 is 19.5 Å². The number of nitrogens with zero attached hydrogens (tertiary/aromatic N) is 4. The van der Waals surface area contributed by atoms with Crippen molar-refractivity contribution in [3.63, 3.8) is 0 Å². The molecule has 2 aromatic heterocycles. The summed E-state index contributed by atoms with van der Waals surface area (Å²) in [4.78, 5) is 34.0. The van der Waals surface area contributed by atoms with Gasteiger partial charge in [0.15, 0.2) is 5.69 Å². The van der Waals surface area contributed by atoms with Crippen LogP contribution in [0.1, 0.15) is 69.1 Å². The Bertz CT molecular complexity index is 1510. The predicted octanol–water partition coefficient (Wildman–Crippen LogP) is 6.41. The van der Waals surface area contributed by atoms with Crippen molar-refractivity contribution in [3.05, 3.63) is 83.9 Å². The first-order valence-electron chi connectivity index (χ1n) is 14.4. The third kappa shape index (κ3) is 8.41. The molecule has 2 aromatic carbocycles. The van der Waals surface area contributed by atoms with E-state index in [0.29, 0.717) is 35.2 Å². The second-order valence-electron chi connectivity index (χ2n) is 11.2. The molecule has 10 heteroatoms. The van der Waals surface area contributed by atoms with Gasteiger partial charge >= 0.3 is 12.1 Å². The fraction of sp³-hybridized carbons (Fsp3) is 0.364. The van der Waals surface area contributed by atoms with Crippen LogP contribution in [0, 0.1) is 0 Å². The van der Waals surface area contributed by atoms with Crippen molar-refractivity contribution in [1.29, 1.82) is 0 Å². The Morgan fingerprint density at radius 3 is 2.33 bits per heavy atom. The van der Waals surface area contributed by atoms with Crippen molar-refractivity contribution >= 4 is 12.1 Å². The Labute approximate surface area is 252 Å². The van der Waals surface area contributed by atoms with Gasteiger partial charge in [-0.3, -0.25) is 4.68 Å². The molecule has 226 valence electrons. The van der Waals surface area contributed by atoms with Gasteiger partial charge in [0, 0.05) is 18.3 Å². The third-order valence-corrected chi connectivity index (χ3v) is 6.43. The van der Waals surface area contributed by atoms with Crippen molar-refractivity contribution in [2.24, 2.45) is 0 Å². The minimum absolute atomic E-state index is 0.177. The van der Waals surface area contributed by atoms with Crippen molar-refractivity contribution in [2.45, 2.75) is 66.2 Å². The van der Waals surface area contributed by atoms with Gasteiger partial charge in [-0.05, 0) is 68.5 Å². The quantitative estimate of drug-likeness (QED) is 0.201. The molecule has 10 nitrogen and oxygen atoms in total. The molecule has 0 aliphatic heterocycles. The van der Waals surface area contributed by atoms with Crippen LogP contribution < -0.4 is 10.1 Å². The Morgan fingerprint density at radius 1 is 1.00 bits per heavy atom. The number of ether oxygens (including phenoxy) is 3. The number of carbonyl (C=O) groups is 2. The van der Waals surface area contributed by atoms with Crippen LogP contribution in [0.15, 0.2) is 67.1 Å². The Hall–Kier alpha value is -4.73. The topological polar surface area (TPSA) is 117 Å². The van der Waals surface area contributed by atoms with Crippen LogP contribution in [0.2, 0.25) is 0 Å². The van der Waals surface area contributed by atoms with Crippen LogP contribution in [-0.2, 0) is 22.6 Å². The lowest BCUT2D eigenvalue weighted by Gasteiger charge is -2.19. The summed E-state index contributed by atoms with van der Waals surface area (Å²) < 4.78 is 18.4. The molecule has 0 aliphatic carbocycles. The number of benzene rings is 2. The van der Waals surface area contributed by atoms with Gasteiger partial charge in [0.25, 0.3) is 0 Å². The van der Waals surface area contributed by atoms with E-state index < -0.39 is 17.7 Å². The van der Waals surface area contributed by atoms with E-state index in [2.05, 4.69) is 53.4 Å². The van der Waals surface area contributed by atoms with Crippen LogP contribution in [0.3, 0.4) is 0 Å². The number of nitrogens with one attached hydrogen (secondary N) is 1. The summed E-state index contributed by atoms with van der Waals surface area (Å²) >= 11 is 0. The first-order valence-corrected chi connectivity index (χ1v) is 14.4. The van der Waals surface area contributed by atoms with E-state index in [4.69, 9.17) is 19.3 Å². The number of rotatable bonds is 11. The van der Waals surface area contributed by atoms with Crippen LogP contribution in [0.25, 0.3) is 22.5 Å². The molecule has 0 aliphatic rings. The monoisotopic (exact) mass is 585 g/mol. The SMILES string of the molecule is CCOC(=O)c1c(-c2ccc(OCc3ccc(C(C)C)cc3)cc2)c(-c2ccncn2)nn1CCNC(=O)OC(C)(C)C. The first-order chi connectivity index (χ1) is 20.6. The van der Waals surface area contributed by atoms with Crippen LogP contribution in [0.4, 0.5) is 4.79 Å². The lowest BCUT2D eigenvalue weighted by molar-refractivity contribution is 0.0513. The van der Waals surface area contributed by atoms with Crippen LogP contribution in [-0.4, -0.2) is 50.6 Å². The maximum absolute atomic E-state index is 13.3. The van der Waals surface area contributed by atoms with E-state index in [9.17, 15) is 9.59 Å². The second-order valence-corrected chi connectivity index (χ2v) is 11.2. The molecule has 0 bridgehead atoms. The summed E-state index contributed by atoms with van der Waals surface area (Å²) in [6.45, 7) is 12.4. The fourth-order valence-electron chi connectivity index (χ4n) is 4.38. The number of aromatic nitrogens is 4. The number of amides is 1. The van der Waals surface area contributed by atoms with Gasteiger partial charge in [-0.2, -0.15) is 5.10 Å². The van der Waals surface area contributed by atoms with Crippen LogP contribution in [0.5, 0.6) is 5.75 Å². The van der Waals surface area contributed by atoms with Gasteiger partial charge in [-0.25, -0.2) is 19.6 Å². The number of alkyl carbamates (subject to hydrolysis) is 1. The van der Waals surface area contributed by atoms with Crippen LogP contribution >= 0.6 is 0 Å². The molecule has 0 unspecified atom stereocenters. The highest BCUT2D eigenvalue weighted by Gasteiger charge is 2.27.